The van der Waals surface area contributed by atoms with Crippen LogP contribution < -0.4 is 9.83 Å². The van der Waals surface area contributed by atoms with Gasteiger partial charge in [0.15, 0.2) is 15.5 Å². The van der Waals surface area contributed by atoms with Gasteiger partial charge in [0.2, 0.25) is 5.91 Å². The molecule has 2 fully saturated rings. The van der Waals surface area contributed by atoms with Gasteiger partial charge in [0, 0.05) is 42.2 Å². The number of aromatic amines is 1. The Kier molecular flexibility index (Phi) is 4.79. The Balaban J connectivity index is 1.33. The van der Waals surface area contributed by atoms with E-state index in [4.69, 9.17) is 0 Å². The quantitative estimate of drug-likeness (QED) is 0.601. The van der Waals surface area contributed by atoms with Gasteiger partial charge in [-0.1, -0.05) is 24.3 Å². The van der Waals surface area contributed by atoms with Crippen LogP contribution in [-0.2, 0) is 21.2 Å². The van der Waals surface area contributed by atoms with Gasteiger partial charge in [0.1, 0.15) is 0 Å². The van der Waals surface area contributed by atoms with Crippen molar-refractivity contribution >= 4 is 27.3 Å². The van der Waals surface area contributed by atoms with E-state index in [0.717, 1.165) is 41.9 Å². The number of nitrogens with one attached hydrogen (secondary N) is 2. The van der Waals surface area contributed by atoms with E-state index in [2.05, 4.69) is 44.6 Å². The molecule has 8 nitrogen and oxygen atoms in total. The molecule has 1 saturated carbocycles. The monoisotopic (exact) mass is 426 g/mol. The summed E-state index contributed by atoms with van der Waals surface area (Å²) in [5, 5.41) is 6.03. The maximum Gasteiger partial charge on any atom is 0.355 e. The Labute approximate surface area is 174 Å². The number of sulfone groups is 1. The van der Waals surface area contributed by atoms with Gasteiger partial charge in [0.25, 0.3) is 0 Å². The summed E-state index contributed by atoms with van der Waals surface area (Å²) in [5.74, 6) is 1.07. The third-order valence-electron chi connectivity index (χ3n) is 5.70. The first-order valence-corrected chi connectivity index (χ1v) is 12.0. The molecule has 2 aliphatic rings. The number of pyridine rings is 1. The standard InChI is InChI=1S/C21H23N5O3S/c27-20(17-8-9-17)23-21-22-19-3-1-2-18(26(19)24-21)16-6-4-15(5-7-16)14-25-10-12-30(28,29)13-11-25/h1-7,17H,8-14H2,(H,23,24,27)/p+1. The Morgan fingerprint density at radius 2 is 1.87 bits per heavy atom. The van der Waals surface area contributed by atoms with Crippen molar-refractivity contribution in [2.45, 2.75) is 19.4 Å². The third-order valence-corrected chi connectivity index (χ3v) is 7.31. The first-order chi connectivity index (χ1) is 14.5. The summed E-state index contributed by atoms with van der Waals surface area (Å²) in [6, 6.07) is 14.1. The van der Waals surface area contributed by atoms with Gasteiger partial charge < -0.3 is 0 Å². The SMILES string of the molecule is O=C(Nc1nc2cccc(-c3ccc(CN4CCS(=O)(=O)CC4)cc3)[n+]2[nH]1)C1CC1. The minimum atomic E-state index is -2.86. The molecule has 5 rings (SSSR count). The summed E-state index contributed by atoms with van der Waals surface area (Å²) >= 11 is 0. The number of fused-ring (bicyclic) bond motifs is 1. The smallest absolute Gasteiger partial charge is 0.297 e. The number of anilines is 1. The minimum absolute atomic E-state index is 0.0195. The van der Waals surface area contributed by atoms with Crippen molar-refractivity contribution in [2.24, 2.45) is 5.92 Å². The van der Waals surface area contributed by atoms with Crippen molar-refractivity contribution in [2.75, 3.05) is 29.9 Å². The highest BCUT2D eigenvalue weighted by Gasteiger charge is 2.31. The second kappa shape index (κ2) is 7.48. The summed E-state index contributed by atoms with van der Waals surface area (Å²) in [6.07, 6.45) is 1.90. The van der Waals surface area contributed by atoms with E-state index in [1.807, 2.05) is 22.7 Å². The maximum absolute atomic E-state index is 12.0. The first kappa shape index (κ1) is 19.2. The molecule has 1 aliphatic heterocycles. The van der Waals surface area contributed by atoms with E-state index in [1.54, 1.807) is 0 Å². The van der Waals surface area contributed by atoms with Crippen LogP contribution in [0.4, 0.5) is 5.95 Å². The summed E-state index contributed by atoms with van der Waals surface area (Å²) in [7, 11) is -2.86. The molecule has 0 atom stereocenters. The Morgan fingerprint density at radius 3 is 2.57 bits per heavy atom. The number of rotatable bonds is 5. The fraction of sp³-hybridized carbons (Fsp3) is 0.381. The lowest BCUT2D eigenvalue weighted by molar-refractivity contribution is -0.564. The van der Waals surface area contributed by atoms with Crippen molar-refractivity contribution in [3.05, 3.63) is 48.0 Å². The number of amides is 1. The van der Waals surface area contributed by atoms with Crippen LogP contribution >= 0.6 is 0 Å². The van der Waals surface area contributed by atoms with Crippen LogP contribution in [-0.4, -0.2) is 53.9 Å². The van der Waals surface area contributed by atoms with Crippen molar-refractivity contribution in [3.63, 3.8) is 0 Å². The van der Waals surface area contributed by atoms with E-state index >= 15 is 0 Å². The highest BCUT2D eigenvalue weighted by atomic mass is 32.2. The first-order valence-electron chi connectivity index (χ1n) is 10.2. The summed E-state index contributed by atoms with van der Waals surface area (Å²) in [6.45, 7) is 1.92. The van der Waals surface area contributed by atoms with Gasteiger partial charge in [-0.3, -0.25) is 15.0 Å². The molecule has 9 heteroatoms. The molecule has 30 heavy (non-hydrogen) atoms. The maximum atomic E-state index is 12.0. The highest BCUT2D eigenvalue weighted by Crippen LogP contribution is 2.29. The minimum Gasteiger partial charge on any atom is -0.297 e. The van der Waals surface area contributed by atoms with Crippen molar-refractivity contribution in [3.8, 4) is 11.3 Å². The number of nitrogens with zero attached hydrogens (tertiary/aromatic N) is 3. The van der Waals surface area contributed by atoms with E-state index in [-0.39, 0.29) is 23.3 Å². The van der Waals surface area contributed by atoms with Gasteiger partial charge in [-0.05, 0) is 30.5 Å². The average Bonchev–Trinajstić information content (AvgIpc) is 3.50. The fourth-order valence-corrected chi connectivity index (χ4v) is 5.02. The van der Waals surface area contributed by atoms with E-state index in [9.17, 15) is 13.2 Å². The Bertz CT molecular complexity index is 1190. The van der Waals surface area contributed by atoms with Crippen LogP contribution in [0.15, 0.2) is 42.5 Å². The van der Waals surface area contributed by atoms with Gasteiger partial charge >= 0.3 is 11.6 Å². The van der Waals surface area contributed by atoms with Crippen LogP contribution in [0.1, 0.15) is 18.4 Å². The van der Waals surface area contributed by atoms with E-state index in [1.165, 1.54) is 0 Å². The number of aromatic nitrogens is 3. The Hall–Kier alpha value is -2.78. The molecule has 0 unspecified atom stereocenters. The molecule has 1 aliphatic carbocycles. The number of carbonyl (C=O) groups is 1. The molecule has 0 spiro atoms. The molecule has 1 aromatic carbocycles. The van der Waals surface area contributed by atoms with Crippen molar-refractivity contribution in [1.29, 1.82) is 0 Å². The van der Waals surface area contributed by atoms with Gasteiger partial charge in [-0.25, -0.2) is 8.42 Å². The molecule has 3 heterocycles. The van der Waals surface area contributed by atoms with Crippen molar-refractivity contribution < 1.29 is 17.7 Å². The highest BCUT2D eigenvalue weighted by molar-refractivity contribution is 7.91. The zero-order valence-electron chi connectivity index (χ0n) is 16.5. The molecule has 1 amide bonds. The average molecular weight is 427 g/mol. The second-order valence-corrected chi connectivity index (χ2v) is 10.4. The molecule has 0 radical (unpaired) electrons. The lowest BCUT2D eigenvalue weighted by Crippen LogP contribution is -2.39. The van der Waals surface area contributed by atoms with Crippen LogP contribution in [0.5, 0.6) is 0 Å². The number of benzene rings is 1. The number of carbonyl (C=O) groups excluding carboxylic acids is 1. The molecule has 3 aromatic rings. The summed E-state index contributed by atoms with van der Waals surface area (Å²) < 4.78 is 25.1. The third kappa shape index (κ3) is 4.08. The zero-order chi connectivity index (χ0) is 20.7. The van der Waals surface area contributed by atoms with Crippen molar-refractivity contribution in [1.82, 2.24) is 15.0 Å². The largest absolute Gasteiger partial charge is 0.355 e. The molecular weight excluding hydrogens is 402 g/mol. The van der Waals surface area contributed by atoms with Crippen LogP contribution in [0.3, 0.4) is 0 Å². The lowest BCUT2D eigenvalue weighted by atomic mass is 10.1. The van der Waals surface area contributed by atoms with E-state index in [0.29, 0.717) is 19.0 Å². The summed E-state index contributed by atoms with van der Waals surface area (Å²) in [4.78, 5) is 18.7. The van der Waals surface area contributed by atoms with Crippen LogP contribution in [0, 0.1) is 5.92 Å². The number of H-pyrrole nitrogens is 1. The molecule has 1 saturated heterocycles. The topological polar surface area (TPSA) is 99.3 Å². The lowest BCUT2D eigenvalue weighted by Gasteiger charge is -2.26. The fourth-order valence-electron chi connectivity index (χ4n) is 3.74. The molecule has 156 valence electrons. The van der Waals surface area contributed by atoms with Gasteiger partial charge in [-0.2, -0.15) is 5.10 Å². The van der Waals surface area contributed by atoms with Crippen LogP contribution in [0.2, 0.25) is 0 Å². The number of hydrogen-bond donors (Lipinski definition) is 2. The molecule has 0 bridgehead atoms. The second-order valence-electron chi connectivity index (χ2n) is 8.07. The molecular formula is C21H24N5O3S+. The number of hydrogen-bond acceptors (Lipinski definition) is 5. The molecule has 2 aromatic heterocycles. The Morgan fingerprint density at radius 1 is 1.13 bits per heavy atom. The molecule has 2 N–H and O–H groups in total. The normalized spacial score (nSPS) is 19.1. The summed E-state index contributed by atoms with van der Waals surface area (Å²) in [5.41, 5.74) is 3.86. The zero-order valence-corrected chi connectivity index (χ0v) is 17.4. The van der Waals surface area contributed by atoms with E-state index < -0.39 is 9.84 Å². The van der Waals surface area contributed by atoms with Gasteiger partial charge in [-0.15, -0.1) is 4.52 Å². The van der Waals surface area contributed by atoms with Crippen LogP contribution in [0.25, 0.3) is 16.9 Å². The predicted molar refractivity (Wildman–Crippen MR) is 112 cm³/mol. The van der Waals surface area contributed by atoms with Gasteiger partial charge in [0.05, 0.1) is 11.5 Å². The predicted octanol–water partition coefficient (Wildman–Crippen LogP) is 1.39.